The van der Waals surface area contributed by atoms with Crippen LogP contribution in [0.3, 0.4) is 0 Å². The van der Waals surface area contributed by atoms with Gasteiger partial charge in [-0.05, 0) is 17.9 Å². The van der Waals surface area contributed by atoms with E-state index in [9.17, 15) is 4.79 Å². The summed E-state index contributed by atoms with van der Waals surface area (Å²) in [6.45, 7) is 2.08. The average Bonchev–Trinajstić information content (AvgIpc) is 2.29. The van der Waals surface area contributed by atoms with Crippen molar-refractivity contribution >= 4 is 5.91 Å². The summed E-state index contributed by atoms with van der Waals surface area (Å²) in [6.07, 6.45) is 1.43. The predicted octanol–water partition coefficient (Wildman–Crippen LogP) is 2.28. The van der Waals surface area contributed by atoms with E-state index in [1.54, 1.807) is 7.05 Å². The molecule has 0 saturated heterocycles. The first kappa shape index (κ1) is 12.7. The Kier molecular flexibility index (Phi) is 4.99. The van der Waals surface area contributed by atoms with E-state index in [0.29, 0.717) is 12.3 Å². The third-order valence-electron chi connectivity index (χ3n) is 2.58. The Morgan fingerprint density at radius 3 is 2.56 bits per heavy atom. The van der Waals surface area contributed by atoms with Crippen molar-refractivity contribution < 1.29 is 9.63 Å². The normalized spacial score (nSPS) is 12.2. The van der Waals surface area contributed by atoms with Crippen LogP contribution in [0.1, 0.15) is 18.9 Å². The highest BCUT2D eigenvalue weighted by Gasteiger charge is 2.13. The van der Waals surface area contributed by atoms with Crippen LogP contribution < -0.4 is 0 Å². The third kappa shape index (κ3) is 4.03. The zero-order valence-corrected chi connectivity index (χ0v) is 10.1. The van der Waals surface area contributed by atoms with Gasteiger partial charge in [-0.3, -0.25) is 9.63 Å². The van der Waals surface area contributed by atoms with Crippen LogP contribution in [0, 0.1) is 5.92 Å². The highest BCUT2D eigenvalue weighted by atomic mass is 16.7. The SMILES string of the molecule is CON(C)C(=O)CC(C)Cc1ccccc1. The maximum atomic E-state index is 11.6. The molecule has 1 aromatic rings. The summed E-state index contributed by atoms with van der Waals surface area (Å²) in [4.78, 5) is 16.4. The quantitative estimate of drug-likeness (QED) is 0.714. The summed E-state index contributed by atoms with van der Waals surface area (Å²) in [7, 11) is 3.14. The van der Waals surface area contributed by atoms with E-state index < -0.39 is 0 Å². The summed E-state index contributed by atoms with van der Waals surface area (Å²) in [5, 5.41) is 1.28. The molecule has 3 heteroatoms. The molecule has 0 aromatic heterocycles. The molecule has 1 aromatic carbocycles. The number of nitrogens with zero attached hydrogens (tertiary/aromatic N) is 1. The molecule has 0 aliphatic heterocycles. The van der Waals surface area contributed by atoms with E-state index in [0.717, 1.165) is 6.42 Å². The van der Waals surface area contributed by atoms with Gasteiger partial charge in [-0.2, -0.15) is 0 Å². The van der Waals surface area contributed by atoms with Crippen molar-refractivity contribution in [3.63, 3.8) is 0 Å². The maximum absolute atomic E-state index is 11.6. The minimum atomic E-state index is 0.0194. The average molecular weight is 221 g/mol. The Bertz CT molecular complexity index is 324. The molecule has 0 spiro atoms. The second kappa shape index (κ2) is 6.28. The summed E-state index contributed by atoms with van der Waals surface area (Å²) in [5.41, 5.74) is 1.27. The predicted molar refractivity (Wildman–Crippen MR) is 63.7 cm³/mol. The van der Waals surface area contributed by atoms with Gasteiger partial charge in [0, 0.05) is 13.5 Å². The first-order valence-corrected chi connectivity index (χ1v) is 5.48. The number of carbonyl (C=O) groups is 1. The molecule has 0 aliphatic rings. The molecule has 1 rings (SSSR count). The van der Waals surface area contributed by atoms with E-state index >= 15 is 0 Å². The van der Waals surface area contributed by atoms with Crippen molar-refractivity contribution in [3.8, 4) is 0 Å². The lowest BCUT2D eigenvalue weighted by atomic mass is 9.98. The molecule has 0 aliphatic carbocycles. The van der Waals surface area contributed by atoms with E-state index in [1.807, 2.05) is 18.2 Å². The van der Waals surface area contributed by atoms with Gasteiger partial charge in [-0.25, -0.2) is 5.06 Å². The molecule has 3 nitrogen and oxygen atoms in total. The molecule has 1 amide bonds. The van der Waals surface area contributed by atoms with Gasteiger partial charge in [0.1, 0.15) is 0 Å². The molecule has 1 unspecified atom stereocenters. The number of hydroxylamine groups is 2. The second-order valence-electron chi connectivity index (χ2n) is 4.07. The van der Waals surface area contributed by atoms with Gasteiger partial charge in [-0.1, -0.05) is 37.3 Å². The fraction of sp³-hybridized carbons (Fsp3) is 0.462. The second-order valence-corrected chi connectivity index (χ2v) is 4.07. The molecule has 0 heterocycles. The zero-order valence-electron chi connectivity index (χ0n) is 10.1. The number of hydrogen-bond donors (Lipinski definition) is 0. The number of benzene rings is 1. The maximum Gasteiger partial charge on any atom is 0.246 e. The lowest BCUT2D eigenvalue weighted by Gasteiger charge is -2.16. The van der Waals surface area contributed by atoms with Gasteiger partial charge in [0.05, 0.1) is 7.11 Å². The molecule has 0 radical (unpaired) electrons. The lowest BCUT2D eigenvalue weighted by molar-refractivity contribution is -0.169. The smallest absolute Gasteiger partial charge is 0.246 e. The highest BCUT2D eigenvalue weighted by molar-refractivity contribution is 5.75. The van der Waals surface area contributed by atoms with Gasteiger partial charge in [-0.15, -0.1) is 0 Å². The van der Waals surface area contributed by atoms with Crippen molar-refractivity contribution in [1.82, 2.24) is 5.06 Å². The standard InChI is InChI=1S/C13H19NO2/c1-11(10-13(15)14(2)16-3)9-12-7-5-4-6-8-12/h4-8,11H,9-10H2,1-3H3. The summed E-state index contributed by atoms with van der Waals surface area (Å²) in [5.74, 6) is 0.346. The number of carbonyl (C=O) groups excluding carboxylic acids is 1. The summed E-state index contributed by atoms with van der Waals surface area (Å²) >= 11 is 0. The Morgan fingerprint density at radius 2 is 2.00 bits per heavy atom. The Hall–Kier alpha value is -1.35. The van der Waals surface area contributed by atoms with E-state index in [-0.39, 0.29) is 5.91 Å². The van der Waals surface area contributed by atoms with Crippen LogP contribution in [0.2, 0.25) is 0 Å². The molecule has 0 fully saturated rings. The number of amides is 1. The van der Waals surface area contributed by atoms with Gasteiger partial charge in [0.2, 0.25) is 5.91 Å². The topological polar surface area (TPSA) is 29.5 Å². The number of hydrogen-bond acceptors (Lipinski definition) is 2. The van der Waals surface area contributed by atoms with Gasteiger partial charge in [0.25, 0.3) is 0 Å². The van der Waals surface area contributed by atoms with Gasteiger partial charge < -0.3 is 0 Å². The number of rotatable bonds is 5. The minimum Gasteiger partial charge on any atom is -0.275 e. The first-order valence-electron chi connectivity index (χ1n) is 5.48. The van der Waals surface area contributed by atoms with Crippen LogP contribution >= 0.6 is 0 Å². The Morgan fingerprint density at radius 1 is 1.38 bits per heavy atom. The third-order valence-corrected chi connectivity index (χ3v) is 2.58. The van der Waals surface area contributed by atoms with E-state index in [2.05, 4.69) is 19.1 Å². The van der Waals surface area contributed by atoms with Crippen molar-refractivity contribution in [3.05, 3.63) is 35.9 Å². The molecular formula is C13H19NO2. The van der Waals surface area contributed by atoms with Crippen molar-refractivity contribution in [2.24, 2.45) is 5.92 Å². The van der Waals surface area contributed by atoms with Gasteiger partial charge in [0.15, 0.2) is 0 Å². The zero-order chi connectivity index (χ0) is 12.0. The van der Waals surface area contributed by atoms with Crippen LogP contribution in [-0.2, 0) is 16.1 Å². The Balaban J connectivity index is 2.42. The van der Waals surface area contributed by atoms with Crippen molar-refractivity contribution in [1.29, 1.82) is 0 Å². The molecule has 0 saturated carbocycles. The van der Waals surface area contributed by atoms with Crippen LogP contribution in [0.5, 0.6) is 0 Å². The molecule has 88 valence electrons. The first-order chi connectivity index (χ1) is 7.63. The van der Waals surface area contributed by atoms with E-state index in [1.165, 1.54) is 17.7 Å². The lowest BCUT2D eigenvalue weighted by Crippen LogP contribution is -2.27. The fourth-order valence-electron chi connectivity index (χ4n) is 1.62. The summed E-state index contributed by atoms with van der Waals surface area (Å²) in [6, 6.07) is 10.2. The van der Waals surface area contributed by atoms with Crippen LogP contribution in [0.25, 0.3) is 0 Å². The molecular weight excluding hydrogens is 202 g/mol. The monoisotopic (exact) mass is 221 g/mol. The van der Waals surface area contributed by atoms with Crippen molar-refractivity contribution in [2.75, 3.05) is 14.2 Å². The van der Waals surface area contributed by atoms with Crippen LogP contribution in [0.4, 0.5) is 0 Å². The van der Waals surface area contributed by atoms with Crippen LogP contribution in [0.15, 0.2) is 30.3 Å². The van der Waals surface area contributed by atoms with Crippen molar-refractivity contribution in [2.45, 2.75) is 19.8 Å². The summed E-state index contributed by atoms with van der Waals surface area (Å²) < 4.78 is 0. The fourth-order valence-corrected chi connectivity index (χ4v) is 1.62. The van der Waals surface area contributed by atoms with E-state index in [4.69, 9.17) is 4.84 Å². The van der Waals surface area contributed by atoms with Gasteiger partial charge >= 0.3 is 0 Å². The highest BCUT2D eigenvalue weighted by Crippen LogP contribution is 2.12. The Labute approximate surface area is 97.0 Å². The molecule has 0 N–H and O–H groups in total. The minimum absolute atomic E-state index is 0.0194. The molecule has 16 heavy (non-hydrogen) atoms. The largest absolute Gasteiger partial charge is 0.275 e. The molecule has 0 bridgehead atoms. The van der Waals surface area contributed by atoms with Crippen LogP contribution in [-0.4, -0.2) is 25.1 Å². The molecule has 1 atom stereocenters.